The molecule has 0 saturated heterocycles. The molecule has 1 rings (SSSR count). The number of carboxylic acids is 1. The number of carboxylic acid groups (broad SMARTS) is 1. The van der Waals surface area contributed by atoms with Crippen molar-refractivity contribution in [2.45, 2.75) is 25.6 Å². The normalized spacial score (nSPS) is 13.7. The molecule has 0 aromatic carbocycles. The SMILES string of the molecule is CC(O)C(NC(=O)N(C)Cc1ccoc1)C(=O)O. The van der Waals surface area contributed by atoms with Crippen molar-refractivity contribution in [1.82, 2.24) is 10.2 Å². The summed E-state index contributed by atoms with van der Waals surface area (Å²) in [5, 5.41) is 20.3. The molecule has 0 aliphatic carbocycles. The van der Waals surface area contributed by atoms with E-state index in [2.05, 4.69) is 5.32 Å². The van der Waals surface area contributed by atoms with Gasteiger partial charge in [-0.2, -0.15) is 0 Å². The number of aliphatic hydroxyl groups is 1. The Labute approximate surface area is 104 Å². The zero-order chi connectivity index (χ0) is 13.7. The van der Waals surface area contributed by atoms with E-state index in [1.54, 1.807) is 6.07 Å². The molecule has 7 heteroatoms. The van der Waals surface area contributed by atoms with Crippen molar-refractivity contribution in [3.63, 3.8) is 0 Å². The second kappa shape index (κ2) is 6.06. The van der Waals surface area contributed by atoms with Gasteiger partial charge in [-0.25, -0.2) is 9.59 Å². The molecule has 0 bridgehead atoms. The van der Waals surface area contributed by atoms with Gasteiger partial charge in [0, 0.05) is 12.6 Å². The molecule has 0 fully saturated rings. The predicted octanol–water partition coefficient (Wildman–Crippen LogP) is 0.255. The van der Waals surface area contributed by atoms with Crippen molar-refractivity contribution < 1.29 is 24.2 Å². The van der Waals surface area contributed by atoms with Crippen molar-refractivity contribution in [3.8, 4) is 0 Å². The minimum absolute atomic E-state index is 0.286. The molecule has 2 atom stereocenters. The van der Waals surface area contributed by atoms with Crippen molar-refractivity contribution >= 4 is 12.0 Å². The van der Waals surface area contributed by atoms with Crippen LogP contribution in [0.2, 0.25) is 0 Å². The van der Waals surface area contributed by atoms with Crippen LogP contribution in [0.15, 0.2) is 23.0 Å². The van der Waals surface area contributed by atoms with Crippen molar-refractivity contribution in [2.75, 3.05) is 7.05 Å². The number of nitrogens with one attached hydrogen (secondary N) is 1. The number of aliphatic hydroxyl groups excluding tert-OH is 1. The highest BCUT2D eigenvalue weighted by atomic mass is 16.4. The number of nitrogens with zero attached hydrogens (tertiary/aromatic N) is 1. The number of hydrogen-bond donors (Lipinski definition) is 3. The van der Waals surface area contributed by atoms with E-state index >= 15 is 0 Å². The summed E-state index contributed by atoms with van der Waals surface area (Å²) in [7, 11) is 1.52. The lowest BCUT2D eigenvalue weighted by molar-refractivity contribution is -0.141. The van der Waals surface area contributed by atoms with E-state index < -0.39 is 24.1 Å². The van der Waals surface area contributed by atoms with Gasteiger partial charge < -0.3 is 24.8 Å². The molecular formula is C11H16N2O5. The number of hydrogen-bond acceptors (Lipinski definition) is 4. The molecule has 0 aliphatic heterocycles. The Kier molecular flexibility index (Phi) is 4.73. The third kappa shape index (κ3) is 3.77. The first-order valence-electron chi connectivity index (χ1n) is 5.35. The summed E-state index contributed by atoms with van der Waals surface area (Å²) in [6.07, 6.45) is 1.80. The number of carbonyl (C=O) groups is 2. The van der Waals surface area contributed by atoms with E-state index in [1.807, 2.05) is 0 Å². The smallest absolute Gasteiger partial charge is 0.328 e. The van der Waals surface area contributed by atoms with Gasteiger partial charge in [0.25, 0.3) is 0 Å². The Bertz CT molecular complexity index is 402. The summed E-state index contributed by atoms with van der Waals surface area (Å²) in [6.45, 7) is 1.59. The summed E-state index contributed by atoms with van der Waals surface area (Å²) < 4.78 is 4.86. The molecule has 1 aromatic heterocycles. The third-order valence-corrected chi connectivity index (χ3v) is 2.37. The maximum Gasteiger partial charge on any atom is 0.328 e. The van der Waals surface area contributed by atoms with E-state index in [-0.39, 0.29) is 6.54 Å². The average Bonchev–Trinajstić information content (AvgIpc) is 2.77. The average molecular weight is 256 g/mol. The minimum Gasteiger partial charge on any atom is -0.480 e. The molecule has 2 amide bonds. The van der Waals surface area contributed by atoms with Gasteiger partial charge in [-0.1, -0.05) is 0 Å². The summed E-state index contributed by atoms with van der Waals surface area (Å²) in [5.74, 6) is -1.28. The third-order valence-electron chi connectivity index (χ3n) is 2.37. The number of furan rings is 1. The predicted molar refractivity (Wildman–Crippen MR) is 61.8 cm³/mol. The number of aliphatic carboxylic acids is 1. The van der Waals surface area contributed by atoms with Gasteiger partial charge in [0.2, 0.25) is 0 Å². The van der Waals surface area contributed by atoms with E-state index in [1.165, 1.54) is 31.4 Å². The second-order valence-electron chi connectivity index (χ2n) is 3.99. The molecule has 7 nitrogen and oxygen atoms in total. The first-order valence-corrected chi connectivity index (χ1v) is 5.35. The fourth-order valence-electron chi connectivity index (χ4n) is 1.36. The zero-order valence-electron chi connectivity index (χ0n) is 10.2. The van der Waals surface area contributed by atoms with Crippen LogP contribution in [0.4, 0.5) is 4.79 Å². The Balaban J connectivity index is 2.56. The van der Waals surface area contributed by atoms with E-state index in [0.29, 0.717) is 0 Å². The quantitative estimate of drug-likeness (QED) is 0.701. The molecule has 100 valence electrons. The zero-order valence-corrected chi connectivity index (χ0v) is 10.2. The Hall–Kier alpha value is -2.02. The second-order valence-corrected chi connectivity index (χ2v) is 3.99. The molecule has 18 heavy (non-hydrogen) atoms. The van der Waals surface area contributed by atoms with Crippen molar-refractivity contribution in [2.24, 2.45) is 0 Å². The highest BCUT2D eigenvalue weighted by molar-refractivity contribution is 5.82. The largest absolute Gasteiger partial charge is 0.480 e. The van der Waals surface area contributed by atoms with E-state index in [4.69, 9.17) is 9.52 Å². The summed E-state index contributed by atoms with van der Waals surface area (Å²) >= 11 is 0. The van der Waals surface area contributed by atoms with Crippen molar-refractivity contribution in [3.05, 3.63) is 24.2 Å². The standard InChI is InChI=1S/C11H16N2O5/c1-7(14)9(10(15)16)12-11(17)13(2)5-8-3-4-18-6-8/h3-4,6-7,9,14H,5H2,1-2H3,(H,12,17)(H,15,16). The van der Waals surface area contributed by atoms with Crippen LogP contribution in [0, 0.1) is 0 Å². The van der Waals surface area contributed by atoms with Crippen LogP contribution in [-0.4, -0.2) is 46.3 Å². The molecule has 1 aromatic rings. The van der Waals surface area contributed by atoms with Crippen LogP contribution in [0.5, 0.6) is 0 Å². The molecule has 0 radical (unpaired) electrons. The molecule has 0 aliphatic rings. The molecule has 2 unspecified atom stereocenters. The Morgan fingerprint density at radius 2 is 2.22 bits per heavy atom. The van der Waals surface area contributed by atoms with Crippen LogP contribution >= 0.6 is 0 Å². The fourth-order valence-corrected chi connectivity index (χ4v) is 1.36. The number of urea groups is 1. The monoisotopic (exact) mass is 256 g/mol. The molecular weight excluding hydrogens is 240 g/mol. The lowest BCUT2D eigenvalue weighted by atomic mass is 10.2. The van der Waals surface area contributed by atoms with Gasteiger partial charge in [0.05, 0.1) is 25.2 Å². The number of amides is 2. The molecule has 0 spiro atoms. The van der Waals surface area contributed by atoms with Crippen LogP contribution in [0.25, 0.3) is 0 Å². The Morgan fingerprint density at radius 3 is 2.67 bits per heavy atom. The van der Waals surface area contributed by atoms with Gasteiger partial charge in [0.1, 0.15) is 0 Å². The van der Waals surface area contributed by atoms with Crippen molar-refractivity contribution in [1.29, 1.82) is 0 Å². The highest BCUT2D eigenvalue weighted by Crippen LogP contribution is 2.04. The van der Waals surface area contributed by atoms with Crippen LogP contribution in [-0.2, 0) is 11.3 Å². The van der Waals surface area contributed by atoms with Gasteiger partial charge >= 0.3 is 12.0 Å². The van der Waals surface area contributed by atoms with E-state index in [9.17, 15) is 14.7 Å². The molecule has 1 heterocycles. The van der Waals surface area contributed by atoms with Crippen LogP contribution in [0.3, 0.4) is 0 Å². The van der Waals surface area contributed by atoms with Gasteiger partial charge in [-0.05, 0) is 13.0 Å². The Morgan fingerprint density at radius 1 is 1.56 bits per heavy atom. The topological polar surface area (TPSA) is 103 Å². The maximum atomic E-state index is 11.7. The molecule has 3 N–H and O–H groups in total. The van der Waals surface area contributed by atoms with Crippen LogP contribution in [0.1, 0.15) is 12.5 Å². The van der Waals surface area contributed by atoms with E-state index in [0.717, 1.165) is 5.56 Å². The maximum absolute atomic E-state index is 11.7. The highest BCUT2D eigenvalue weighted by Gasteiger charge is 2.26. The fraction of sp³-hybridized carbons (Fsp3) is 0.455. The number of rotatable bonds is 5. The first kappa shape index (κ1) is 14.0. The molecule has 0 saturated carbocycles. The number of carbonyl (C=O) groups excluding carboxylic acids is 1. The summed E-state index contributed by atoms with van der Waals surface area (Å²) in [5.41, 5.74) is 0.788. The summed E-state index contributed by atoms with van der Waals surface area (Å²) in [4.78, 5) is 23.8. The van der Waals surface area contributed by atoms with Gasteiger partial charge in [-0.15, -0.1) is 0 Å². The lowest BCUT2D eigenvalue weighted by Gasteiger charge is -2.22. The van der Waals surface area contributed by atoms with Gasteiger partial charge in [-0.3, -0.25) is 0 Å². The van der Waals surface area contributed by atoms with Crippen LogP contribution < -0.4 is 5.32 Å². The van der Waals surface area contributed by atoms with Gasteiger partial charge in [0.15, 0.2) is 6.04 Å². The minimum atomic E-state index is -1.33. The first-order chi connectivity index (χ1) is 8.41. The lowest BCUT2D eigenvalue weighted by Crippen LogP contribution is -2.51. The summed E-state index contributed by atoms with van der Waals surface area (Å²) in [6, 6.07) is -0.207.